The van der Waals surface area contributed by atoms with E-state index in [1.807, 2.05) is 30.7 Å². The van der Waals surface area contributed by atoms with Crippen molar-refractivity contribution in [2.45, 2.75) is 126 Å². The van der Waals surface area contributed by atoms with Gasteiger partial charge in [-0.25, -0.2) is 27.0 Å². The maximum atomic E-state index is 14.9. The zero-order valence-electron chi connectivity index (χ0n) is 35.7. The average Bonchev–Trinajstić information content (AvgIpc) is 4.09. The number of hydrogen-bond donors (Lipinski definition) is 3. The Hall–Kier alpha value is -4.54. The smallest absolute Gasteiger partial charge is 0.408 e. The third-order valence-electron chi connectivity index (χ3n) is 11.6. The van der Waals surface area contributed by atoms with Crippen molar-refractivity contribution >= 4 is 44.6 Å². The highest BCUT2D eigenvalue weighted by Crippen LogP contribution is 2.48. The van der Waals surface area contributed by atoms with Gasteiger partial charge >= 0.3 is 6.09 Å². The second-order valence-corrected chi connectivity index (χ2v) is 18.3. The number of alkyl carbamates (subject to hydrolysis) is 1. The van der Waals surface area contributed by atoms with Crippen molar-refractivity contribution < 1.29 is 54.7 Å². The van der Waals surface area contributed by atoms with E-state index in [1.165, 1.54) is 18.2 Å². The molecular formula is C40H53F2N5O9S. The molecule has 3 N–H and O–H groups in total. The number of sulfonamides is 1. The molecule has 2 saturated carbocycles. The number of halogens is 2. The molecule has 7 atom stereocenters. The minimum Gasteiger partial charge on any atom is -0.494 e. The topological polar surface area (TPSA) is 182 Å². The third-order valence-corrected chi connectivity index (χ3v) is 13.5. The van der Waals surface area contributed by atoms with E-state index in [4.69, 9.17) is 18.3 Å². The van der Waals surface area contributed by atoms with E-state index >= 15 is 0 Å². The maximum absolute atomic E-state index is 14.9. The quantitative estimate of drug-likeness (QED) is 0.276. The number of aromatic nitrogens is 1. The molecule has 57 heavy (non-hydrogen) atoms. The molecule has 3 fully saturated rings. The third kappa shape index (κ3) is 8.68. The molecule has 4 aliphatic rings. The molecule has 0 radical (unpaired) electrons. The number of nitrogens with one attached hydrogen (secondary N) is 3. The molecule has 17 heteroatoms. The molecule has 6 rings (SSSR count). The number of methoxy groups -OCH3 is 1. The summed E-state index contributed by atoms with van der Waals surface area (Å²) in [5.74, 6) is -3.24. The molecule has 2 aromatic rings. The number of carbonyl (C=O) groups excluding carboxylic acids is 4. The minimum absolute atomic E-state index is 0.0108. The Balaban J connectivity index is 1.37. The standard InChI is InChI=1S/C40H53F2N5O9S/c1-7-24-18-23(2)12-8-9-13-25-20-40(25,36(50)46-57(52,53)39(5)16-17-39)45-32(48)29-19-26(55-33-28-15-11-10-14-27(28)30(54-6)21-43-33)22-47(29)34(49)31(24)44-37(51)56-38(3,4)35(41)42/h9-11,13-15,21,23-26,29,31,35H,7-8,12,16-20,22H2,1-6H3,(H,44,51)(H,45,48)(H,46,50)/b13-9-/t23-,24+,25+,26+,29-,31-,40+/m0/s1/i5D3. The van der Waals surface area contributed by atoms with Crippen LogP contribution in [0.5, 0.6) is 11.6 Å². The molecule has 312 valence electrons. The van der Waals surface area contributed by atoms with Gasteiger partial charge in [0, 0.05) is 27.2 Å². The van der Waals surface area contributed by atoms with Crippen LogP contribution >= 0.6 is 0 Å². The molecule has 1 aromatic heterocycles. The Labute approximate surface area is 336 Å². The van der Waals surface area contributed by atoms with E-state index in [-0.39, 0.29) is 44.0 Å². The molecular weight excluding hydrogens is 765 g/mol. The van der Waals surface area contributed by atoms with Gasteiger partial charge in [-0.1, -0.05) is 50.6 Å². The van der Waals surface area contributed by atoms with Crippen molar-refractivity contribution in [2.75, 3.05) is 13.7 Å². The fourth-order valence-electron chi connectivity index (χ4n) is 7.72. The summed E-state index contributed by atoms with van der Waals surface area (Å²) in [6.07, 6.45) is 1.26. The fourth-order valence-corrected chi connectivity index (χ4v) is 8.98. The second kappa shape index (κ2) is 16.0. The van der Waals surface area contributed by atoms with Gasteiger partial charge in [-0.2, -0.15) is 0 Å². The average molecular weight is 821 g/mol. The van der Waals surface area contributed by atoms with Crippen molar-refractivity contribution in [3.05, 3.63) is 42.6 Å². The molecule has 4 amide bonds. The van der Waals surface area contributed by atoms with Gasteiger partial charge in [-0.15, -0.1) is 0 Å². The number of ether oxygens (including phenoxy) is 3. The lowest BCUT2D eigenvalue weighted by molar-refractivity contribution is -0.142. The number of rotatable bonds is 10. The van der Waals surface area contributed by atoms with Crippen LogP contribution in [0.4, 0.5) is 13.6 Å². The van der Waals surface area contributed by atoms with Crippen LogP contribution in [-0.2, 0) is 29.1 Å². The molecule has 1 aromatic carbocycles. The van der Waals surface area contributed by atoms with Crippen molar-refractivity contribution in [1.82, 2.24) is 25.2 Å². The zero-order valence-corrected chi connectivity index (χ0v) is 33.5. The number of pyridine rings is 1. The molecule has 0 bridgehead atoms. The Kier molecular flexibility index (Phi) is 10.7. The first-order chi connectivity index (χ1) is 28.1. The van der Waals surface area contributed by atoms with Gasteiger partial charge in [-0.3, -0.25) is 19.1 Å². The number of alkyl halides is 2. The predicted octanol–water partition coefficient (Wildman–Crippen LogP) is 5.01. The van der Waals surface area contributed by atoms with Gasteiger partial charge in [0.05, 0.1) is 24.6 Å². The van der Waals surface area contributed by atoms with Gasteiger partial charge in [0.1, 0.15) is 29.5 Å². The van der Waals surface area contributed by atoms with E-state index in [9.17, 15) is 36.4 Å². The summed E-state index contributed by atoms with van der Waals surface area (Å²) in [5.41, 5.74) is -4.00. The van der Waals surface area contributed by atoms with E-state index in [0.29, 0.717) is 42.2 Å². The van der Waals surface area contributed by atoms with Crippen molar-refractivity contribution in [1.29, 1.82) is 0 Å². The molecule has 1 saturated heterocycles. The Morgan fingerprint density at radius 2 is 1.89 bits per heavy atom. The van der Waals surface area contributed by atoms with E-state index in [2.05, 4.69) is 15.6 Å². The summed E-state index contributed by atoms with van der Waals surface area (Å²) in [6.45, 7) is 2.75. The lowest BCUT2D eigenvalue weighted by Crippen LogP contribution is -2.59. The SMILES string of the molecule is [2H]C([2H])([2H])C1(S(=O)(=O)NC(=O)[C@@]23C[C@H]2/C=C\CC[C@H](C)C[C@@H](CC)[C@H](NC(=O)OC(C)(C)C(F)F)C(=O)N2C[C@H](Oc4ncc(OC)c5ccccc45)C[C@H]2C(=O)N3)CC1. The van der Waals surface area contributed by atoms with E-state index in [0.717, 1.165) is 13.8 Å². The molecule has 2 aliphatic heterocycles. The van der Waals surface area contributed by atoms with E-state index in [1.54, 1.807) is 24.3 Å². The van der Waals surface area contributed by atoms with Crippen LogP contribution in [0.1, 0.15) is 90.0 Å². The number of amides is 4. The minimum atomic E-state index is -4.73. The number of fused-ring (bicyclic) bond motifs is 3. The van der Waals surface area contributed by atoms with Crippen molar-refractivity contribution in [2.24, 2.45) is 17.8 Å². The molecule has 14 nitrogen and oxygen atoms in total. The first-order valence-corrected chi connectivity index (χ1v) is 20.8. The van der Waals surface area contributed by atoms with Gasteiger partial charge in [0.25, 0.3) is 12.3 Å². The molecule has 3 heterocycles. The highest BCUT2D eigenvalue weighted by atomic mass is 32.2. The van der Waals surface area contributed by atoms with Crippen molar-refractivity contribution in [3.63, 3.8) is 0 Å². The van der Waals surface area contributed by atoms with Crippen LogP contribution in [0.25, 0.3) is 10.8 Å². The first kappa shape index (κ1) is 38.0. The molecule has 0 spiro atoms. The lowest BCUT2D eigenvalue weighted by atomic mass is 9.85. The van der Waals surface area contributed by atoms with Crippen LogP contribution < -0.4 is 24.8 Å². The Morgan fingerprint density at radius 1 is 1.18 bits per heavy atom. The highest BCUT2D eigenvalue weighted by Gasteiger charge is 2.63. The lowest BCUT2D eigenvalue weighted by Gasteiger charge is -2.34. The van der Waals surface area contributed by atoms with E-state index < -0.39 is 93.0 Å². The second-order valence-electron chi connectivity index (χ2n) is 16.3. The number of hydrogen-bond acceptors (Lipinski definition) is 10. The molecule has 2 aliphatic carbocycles. The zero-order chi connectivity index (χ0) is 44.0. The summed E-state index contributed by atoms with van der Waals surface area (Å²) in [5, 5.41) is 6.55. The summed E-state index contributed by atoms with van der Waals surface area (Å²) in [7, 11) is -3.24. The highest BCUT2D eigenvalue weighted by molar-refractivity contribution is 7.91. The van der Waals surface area contributed by atoms with Gasteiger partial charge in [-0.05, 0) is 77.1 Å². The number of nitrogens with zero attached hydrogens (tertiary/aromatic N) is 2. The van der Waals surface area contributed by atoms with Crippen LogP contribution in [0.3, 0.4) is 0 Å². The predicted molar refractivity (Wildman–Crippen MR) is 206 cm³/mol. The normalized spacial score (nSPS) is 30.5. The summed E-state index contributed by atoms with van der Waals surface area (Å²) < 4.78 is 95.0. The van der Waals surface area contributed by atoms with Crippen LogP contribution in [0.2, 0.25) is 0 Å². The van der Waals surface area contributed by atoms with Gasteiger partial charge in [0.2, 0.25) is 27.7 Å². The monoisotopic (exact) mass is 820 g/mol. The Bertz CT molecular complexity index is 2140. The molecule has 0 unspecified atom stereocenters. The fraction of sp³-hybridized carbons (Fsp3) is 0.625. The first-order valence-electron chi connectivity index (χ1n) is 20.8. The van der Waals surface area contributed by atoms with Crippen LogP contribution in [0, 0.1) is 17.8 Å². The number of benzene rings is 1. The Morgan fingerprint density at radius 3 is 2.54 bits per heavy atom. The largest absolute Gasteiger partial charge is 0.494 e. The van der Waals surface area contributed by atoms with Crippen molar-refractivity contribution in [3.8, 4) is 11.6 Å². The summed E-state index contributed by atoms with van der Waals surface area (Å²) in [4.78, 5) is 62.6. The summed E-state index contributed by atoms with van der Waals surface area (Å²) in [6, 6.07) is 4.45. The van der Waals surface area contributed by atoms with Crippen LogP contribution in [-0.4, -0.2) is 96.3 Å². The van der Waals surface area contributed by atoms with Crippen LogP contribution in [0.15, 0.2) is 42.6 Å². The number of allylic oxidation sites excluding steroid dienone is 1. The van der Waals surface area contributed by atoms with Gasteiger partial charge in [0.15, 0.2) is 5.60 Å². The maximum Gasteiger partial charge on any atom is 0.408 e. The summed E-state index contributed by atoms with van der Waals surface area (Å²) >= 11 is 0. The van der Waals surface area contributed by atoms with Gasteiger partial charge < -0.3 is 29.7 Å². The number of carbonyl (C=O) groups is 4.